The summed E-state index contributed by atoms with van der Waals surface area (Å²) in [6.45, 7) is 5.32. The first-order valence-corrected chi connectivity index (χ1v) is 5.53. The lowest BCUT2D eigenvalue weighted by atomic mass is 10.2. The van der Waals surface area contributed by atoms with Crippen LogP contribution in [0.5, 0.6) is 0 Å². The van der Waals surface area contributed by atoms with Gasteiger partial charge in [-0.2, -0.15) is 0 Å². The van der Waals surface area contributed by atoms with Gasteiger partial charge in [0.1, 0.15) is 11.3 Å². The van der Waals surface area contributed by atoms with Crippen LogP contribution in [0, 0.1) is 0 Å². The van der Waals surface area contributed by atoms with E-state index >= 15 is 0 Å². The van der Waals surface area contributed by atoms with Crippen LogP contribution in [0.15, 0.2) is 34.7 Å². The van der Waals surface area contributed by atoms with E-state index in [1.807, 2.05) is 18.2 Å². The van der Waals surface area contributed by atoms with Gasteiger partial charge in [0.15, 0.2) is 0 Å². The molecule has 2 aromatic rings. The van der Waals surface area contributed by atoms with Gasteiger partial charge in [0, 0.05) is 5.39 Å². The smallest absolute Gasteiger partial charge is 0.134 e. The quantitative estimate of drug-likeness (QED) is 0.822. The van der Waals surface area contributed by atoms with Crippen molar-refractivity contribution in [3.05, 3.63) is 36.1 Å². The van der Waals surface area contributed by atoms with E-state index in [-0.39, 0.29) is 6.04 Å². The van der Waals surface area contributed by atoms with E-state index in [0.717, 1.165) is 24.3 Å². The van der Waals surface area contributed by atoms with Gasteiger partial charge >= 0.3 is 0 Å². The van der Waals surface area contributed by atoms with Crippen molar-refractivity contribution in [2.24, 2.45) is 0 Å². The van der Waals surface area contributed by atoms with Crippen molar-refractivity contribution < 1.29 is 4.42 Å². The summed E-state index contributed by atoms with van der Waals surface area (Å²) in [6, 6.07) is 10.5. The Morgan fingerprint density at radius 3 is 2.87 bits per heavy atom. The van der Waals surface area contributed by atoms with Gasteiger partial charge < -0.3 is 9.73 Å². The first-order valence-electron chi connectivity index (χ1n) is 5.53. The molecular formula is C13H17NO. The standard InChI is InChI=1S/C13H17NO/c1-3-8-14-10(2)13-9-11-6-4-5-7-12(11)15-13/h4-7,9-10,14H,3,8H2,1-2H3/t10-/m0/s1. The van der Waals surface area contributed by atoms with Gasteiger partial charge in [0.05, 0.1) is 6.04 Å². The van der Waals surface area contributed by atoms with E-state index in [1.54, 1.807) is 0 Å². The Hall–Kier alpha value is -1.28. The summed E-state index contributed by atoms with van der Waals surface area (Å²) < 4.78 is 5.76. The zero-order valence-electron chi connectivity index (χ0n) is 9.29. The van der Waals surface area contributed by atoms with Gasteiger partial charge in [-0.25, -0.2) is 0 Å². The molecule has 0 saturated heterocycles. The minimum absolute atomic E-state index is 0.289. The highest BCUT2D eigenvalue weighted by Crippen LogP contribution is 2.23. The molecule has 1 atom stereocenters. The van der Waals surface area contributed by atoms with Crippen LogP contribution in [0.2, 0.25) is 0 Å². The Morgan fingerprint density at radius 2 is 2.13 bits per heavy atom. The molecule has 0 aliphatic heterocycles. The summed E-state index contributed by atoms with van der Waals surface area (Å²) >= 11 is 0. The van der Waals surface area contributed by atoms with Crippen molar-refractivity contribution >= 4 is 11.0 Å². The number of fused-ring (bicyclic) bond motifs is 1. The number of furan rings is 1. The average Bonchev–Trinajstić information content (AvgIpc) is 2.69. The van der Waals surface area contributed by atoms with Crippen molar-refractivity contribution in [2.45, 2.75) is 26.3 Å². The number of rotatable bonds is 4. The minimum atomic E-state index is 0.289. The summed E-state index contributed by atoms with van der Waals surface area (Å²) in [4.78, 5) is 0. The normalized spacial score (nSPS) is 13.2. The summed E-state index contributed by atoms with van der Waals surface area (Å²) in [5, 5.41) is 4.59. The van der Waals surface area contributed by atoms with Crippen LogP contribution < -0.4 is 5.32 Å². The molecule has 2 heteroatoms. The van der Waals surface area contributed by atoms with Gasteiger partial charge in [-0.05, 0) is 32.0 Å². The molecule has 0 unspecified atom stereocenters. The van der Waals surface area contributed by atoms with E-state index in [9.17, 15) is 0 Å². The molecule has 0 radical (unpaired) electrons. The molecule has 2 rings (SSSR count). The summed E-state index contributed by atoms with van der Waals surface area (Å²) in [6.07, 6.45) is 1.14. The molecule has 0 spiro atoms. The molecule has 0 fully saturated rings. The molecule has 2 nitrogen and oxygen atoms in total. The number of benzene rings is 1. The fraction of sp³-hybridized carbons (Fsp3) is 0.385. The second-order valence-corrected chi connectivity index (χ2v) is 3.86. The maximum atomic E-state index is 5.76. The highest BCUT2D eigenvalue weighted by molar-refractivity contribution is 5.77. The summed E-state index contributed by atoms with van der Waals surface area (Å²) in [5.41, 5.74) is 0.970. The molecule has 1 aromatic carbocycles. The first-order chi connectivity index (χ1) is 7.31. The molecule has 0 aliphatic carbocycles. The Labute approximate surface area is 90.3 Å². The van der Waals surface area contributed by atoms with Crippen LogP contribution in [-0.4, -0.2) is 6.54 Å². The summed E-state index contributed by atoms with van der Waals surface area (Å²) in [5.74, 6) is 1.02. The predicted molar refractivity (Wildman–Crippen MR) is 62.9 cm³/mol. The Kier molecular flexibility index (Phi) is 3.07. The van der Waals surface area contributed by atoms with Crippen molar-refractivity contribution in [1.82, 2.24) is 5.32 Å². The van der Waals surface area contributed by atoms with Gasteiger partial charge in [-0.3, -0.25) is 0 Å². The van der Waals surface area contributed by atoms with Crippen LogP contribution >= 0.6 is 0 Å². The Balaban J connectivity index is 2.20. The number of para-hydroxylation sites is 1. The van der Waals surface area contributed by atoms with E-state index in [1.165, 1.54) is 5.39 Å². The van der Waals surface area contributed by atoms with Crippen molar-refractivity contribution in [2.75, 3.05) is 6.54 Å². The molecule has 1 aromatic heterocycles. The molecule has 0 saturated carbocycles. The largest absolute Gasteiger partial charge is 0.459 e. The third-order valence-corrected chi connectivity index (χ3v) is 2.57. The second-order valence-electron chi connectivity index (χ2n) is 3.86. The van der Waals surface area contributed by atoms with E-state index in [2.05, 4.69) is 31.3 Å². The van der Waals surface area contributed by atoms with Crippen molar-refractivity contribution in [3.63, 3.8) is 0 Å². The maximum absolute atomic E-state index is 5.76. The highest BCUT2D eigenvalue weighted by Gasteiger charge is 2.09. The minimum Gasteiger partial charge on any atom is -0.459 e. The lowest BCUT2D eigenvalue weighted by Crippen LogP contribution is -2.18. The summed E-state index contributed by atoms with van der Waals surface area (Å²) in [7, 11) is 0. The molecular weight excluding hydrogens is 186 g/mol. The third kappa shape index (κ3) is 2.21. The van der Waals surface area contributed by atoms with Gasteiger partial charge in [-0.1, -0.05) is 25.1 Å². The average molecular weight is 203 g/mol. The van der Waals surface area contributed by atoms with Crippen LogP contribution in [0.3, 0.4) is 0 Å². The van der Waals surface area contributed by atoms with Crippen LogP contribution in [0.1, 0.15) is 32.1 Å². The van der Waals surface area contributed by atoms with E-state index in [4.69, 9.17) is 4.42 Å². The van der Waals surface area contributed by atoms with Crippen LogP contribution in [-0.2, 0) is 0 Å². The van der Waals surface area contributed by atoms with E-state index < -0.39 is 0 Å². The lowest BCUT2D eigenvalue weighted by Gasteiger charge is -2.09. The van der Waals surface area contributed by atoms with Gasteiger partial charge in [0.25, 0.3) is 0 Å². The SMILES string of the molecule is CCCN[C@@H](C)c1cc2ccccc2o1. The maximum Gasteiger partial charge on any atom is 0.134 e. The molecule has 0 amide bonds. The molecule has 0 aliphatic rings. The highest BCUT2D eigenvalue weighted by atomic mass is 16.3. The fourth-order valence-corrected chi connectivity index (χ4v) is 1.68. The monoisotopic (exact) mass is 203 g/mol. The van der Waals surface area contributed by atoms with Gasteiger partial charge in [-0.15, -0.1) is 0 Å². The number of nitrogens with one attached hydrogen (secondary N) is 1. The zero-order valence-corrected chi connectivity index (χ0v) is 9.29. The first kappa shape index (κ1) is 10.2. The number of hydrogen-bond donors (Lipinski definition) is 1. The van der Waals surface area contributed by atoms with Gasteiger partial charge in [0.2, 0.25) is 0 Å². The number of hydrogen-bond acceptors (Lipinski definition) is 2. The molecule has 80 valence electrons. The molecule has 0 bridgehead atoms. The van der Waals surface area contributed by atoms with Crippen molar-refractivity contribution in [1.29, 1.82) is 0 Å². The molecule has 15 heavy (non-hydrogen) atoms. The third-order valence-electron chi connectivity index (χ3n) is 2.57. The predicted octanol–water partition coefficient (Wildman–Crippen LogP) is 3.49. The fourth-order valence-electron chi connectivity index (χ4n) is 1.68. The van der Waals surface area contributed by atoms with Crippen molar-refractivity contribution in [3.8, 4) is 0 Å². The molecule has 1 heterocycles. The van der Waals surface area contributed by atoms with E-state index in [0.29, 0.717) is 0 Å². The Bertz CT molecular complexity index is 400. The zero-order chi connectivity index (χ0) is 10.7. The van der Waals surface area contributed by atoms with Crippen LogP contribution in [0.4, 0.5) is 0 Å². The lowest BCUT2D eigenvalue weighted by molar-refractivity contribution is 0.452. The topological polar surface area (TPSA) is 25.2 Å². The molecule has 1 N–H and O–H groups in total. The Morgan fingerprint density at radius 1 is 1.33 bits per heavy atom. The second kappa shape index (κ2) is 4.49. The van der Waals surface area contributed by atoms with Crippen LogP contribution in [0.25, 0.3) is 11.0 Å².